The molecular weight excluding hydrogens is 218 g/mol. The Balaban J connectivity index is 2.57. The summed E-state index contributed by atoms with van der Waals surface area (Å²) in [6.07, 6.45) is 1.90. The molecule has 1 radical (unpaired) electrons. The number of aromatic nitrogens is 1. The lowest BCUT2D eigenvalue weighted by atomic mass is 10.0. The first-order chi connectivity index (χ1) is 7.61. The van der Waals surface area contributed by atoms with E-state index in [1.807, 2.05) is 19.3 Å². The van der Waals surface area contributed by atoms with Gasteiger partial charge in [-0.25, -0.2) is 4.98 Å². The van der Waals surface area contributed by atoms with Gasteiger partial charge >= 0.3 is 0 Å². The lowest BCUT2D eigenvalue weighted by molar-refractivity contribution is 0.562. The Labute approximate surface area is 99.0 Å². The predicted molar refractivity (Wildman–Crippen MR) is 66.6 cm³/mol. The zero-order chi connectivity index (χ0) is 11.7. The largest absolute Gasteiger partial charge is 0.283 e. The average molecular weight is 230 g/mol. The number of nitrogens with zero attached hydrogens (tertiary/aromatic N) is 1. The van der Waals surface area contributed by atoms with Gasteiger partial charge < -0.3 is 0 Å². The number of hydrogen-bond acceptors (Lipinski definition) is 3. The number of carbonyl (C=O) groups excluding carboxylic acids is 1. The second-order valence-electron chi connectivity index (χ2n) is 3.81. The smallest absolute Gasteiger partial charge is 0.255 e. The second kappa shape index (κ2) is 4.18. The normalized spacial score (nSPS) is 10.4. The third-order valence-electron chi connectivity index (χ3n) is 2.60. The molecule has 0 aliphatic rings. The molecule has 0 spiro atoms. The molecule has 0 amide bonds. The maximum atomic E-state index is 10.8. The third-order valence-corrected chi connectivity index (χ3v) is 3.62. The monoisotopic (exact) mass is 230 g/mol. The van der Waals surface area contributed by atoms with Gasteiger partial charge in [0.25, 0.3) is 6.29 Å². The first kappa shape index (κ1) is 11.0. The Bertz CT molecular complexity index is 543. The van der Waals surface area contributed by atoms with Crippen LogP contribution in [-0.4, -0.2) is 11.3 Å². The summed E-state index contributed by atoms with van der Waals surface area (Å²) >= 11 is 1.53. The van der Waals surface area contributed by atoms with Crippen LogP contribution in [0.1, 0.15) is 21.8 Å². The maximum Gasteiger partial charge on any atom is 0.255 e. The standard InChI is InChI=1S/C13H12NOS/c1-8-4-5-11(6-9(8)2)13-12(7-15)14-10(3)16-13/h4-6H,1-3H3. The molecule has 0 saturated heterocycles. The molecule has 16 heavy (non-hydrogen) atoms. The van der Waals surface area contributed by atoms with Gasteiger partial charge in [-0.05, 0) is 37.5 Å². The molecule has 0 aliphatic heterocycles. The molecule has 3 heteroatoms. The quantitative estimate of drug-likeness (QED) is 0.793. The molecule has 2 rings (SSSR count). The topological polar surface area (TPSA) is 30.0 Å². The van der Waals surface area contributed by atoms with Gasteiger partial charge in [-0.15, -0.1) is 11.3 Å². The highest BCUT2D eigenvalue weighted by Gasteiger charge is 2.11. The third kappa shape index (κ3) is 1.91. The van der Waals surface area contributed by atoms with Gasteiger partial charge in [0, 0.05) is 0 Å². The molecule has 0 bridgehead atoms. The van der Waals surface area contributed by atoms with Crippen LogP contribution in [0.15, 0.2) is 18.2 Å². The molecule has 1 aromatic carbocycles. The van der Waals surface area contributed by atoms with Crippen LogP contribution in [0, 0.1) is 20.8 Å². The highest BCUT2D eigenvalue weighted by molar-refractivity contribution is 7.15. The second-order valence-corrected chi connectivity index (χ2v) is 5.01. The lowest BCUT2D eigenvalue weighted by Gasteiger charge is -2.03. The summed E-state index contributed by atoms with van der Waals surface area (Å²) in [4.78, 5) is 15.9. The van der Waals surface area contributed by atoms with E-state index >= 15 is 0 Å². The van der Waals surface area contributed by atoms with E-state index in [4.69, 9.17) is 0 Å². The van der Waals surface area contributed by atoms with Crippen molar-refractivity contribution in [1.29, 1.82) is 0 Å². The number of aryl methyl sites for hydroxylation is 3. The van der Waals surface area contributed by atoms with Gasteiger partial charge in [-0.1, -0.05) is 18.2 Å². The van der Waals surface area contributed by atoms with E-state index in [1.54, 1.807) is 0 Å². The molecule has 0 fully saturated rings. The Kier molecular flexibility index (Phi) is 2.88. The van der Waals surface area contributed by atoms with Gasteiger partial charge in [-0.3, -0.25) is 4.79 Å². The van der Waals surface area contributed by atoms with Crippen LogP contribution in [-0.2, 0) is 4.79 Å². The van der Waals surface area contributed by atoms with Crippen LogP contribution in [0.2, 0.25) is 0 Å². The van der Waals surface area contributed by atoms with Crippen LogP contribution in [0.5, 0.6) is 0 Å². The van der Waals surface area contributed by atoms with Gasteiger partial charge in [0.2, 0.25) is 0 Å². The molecule has 0 N–H and O–H groups in total. The van der Waals surface area contributed by atoms with Crippen molar-refractivity contribution < 1.29 is 4.79 Å². The summed E-state index contributed by atoms with van der Waals surface area (Å²) in [6.45, 7) is 6.04. The number of benzene rings is 1. The number of hydrogen-bond donors (Lipinski definition) is 0. The summed E-state index contributed by atoms with van der Waals surface area (Å²) in [5, 5.41) is 0.895. The SMILES string of the molecule is Cc1nc([C]=O)c(-c2ccc(C)c(C)c2)s1. The molecular formula is C13H12NOS. The Morgan fingerprint density at radius 1 is 1.19 bits per heavy atom. The summed E-state index contributed by atoms with van der Waals surface area (Å²) in [5.74, 6) is 0. The Morgan fingerprint density at radius 3 is 2.56 bits per heavy atom. The fraction of sp³-hybridized carbons (Fsp3) is 0.231. The summed E-state index contributed by atoms with van der Waals surface area (Å²) in [7, 11) is 0. The van der Waals surface area contributed by atoms with Crippen LogP contribution in [0.3, 0.4) is 0 Å². The maximum absolute atomic E-state index is 10.8. The molecule has 0 saturated carbocycles. The first-order valence-electron chi connectivity index (χ1n) is 5.05. The zero-order valence-electron chi connectivity index (χ0n) is 9.50. The minimum Gasteiger partial charge on any atom is -0.283 e. The fourth-order valence-corrected chi connectivity index (χ4v) is 2.44. The predicted octanol–water partition coefficient (Wildman–Crippen LogP) is 3.19. The van der Waals surface area contributed by atoms with Crippen molar-refractivity contribution in [3.8, 4) is 10.4 Å². The minimum absolute atomic E-state index is 0.422. The van der Waals surface area contributed by atoms with Gasteiger partial charge in [0.05, 0.1) is 9.88 Å². The first-order valence-corrected chi connectivity index (χ1v) is 5.86. The summed E-state index contributed by atoms with van der Waals surface area (Å²) in [6, 6.07) is 6.17. The number of thiazole rings is 1. The zero-order valence-corrected chi connectivity index (χ0v) is 10.3. The van der Waals surface area contributed by atoms with E-state index in [0.717, 1.165) is 15.4 Å². The highest BCUT2D eigenvalue weighted by atomic mass is 32.1. The minimum atomic E-state index is 0.422. The van der Waals surface area contributed by atoms with Crippen LogP contribution < -0.4 is 0 Å². The Hall–Kier alpha value is -1.48. The Morgan fingerprint density at radius 2 is 1.94 bits per heavy atom. The summed E-state index contributed by atoms with van der Waals surface area (Å²) < 4.78 is 0. The van der Waals surface area contributed by atoms with Crippen molar-refractivity contribution in [2.75, 3.05) is 0 Å². The van der Waals surface area contributed by atoms with Crippen molar-refractivity contribution in [1.82, 2.24) is 4.98 Å². The molecule has 81 valence electrons. The van der Waals surface area contributed by atoms with Crippen LogP contribution in [0.4, 0.5) is 0 Å². The molecule has 1 heterocycles. The van der Waals surface area contributed by atoms with Crippen molar-refractivity contribution in [2.45, 2.75) is 20.8 Å². The molecule has 0 aliphatic carbocycles. The molecule has 0 atom stereocenters. The molecule has 2 nitrogen and oxygen atoms in total. The van der Waals surface area contributed by atoms with Crippen molar-refractivity contribution in [3.05, 3.63) is 40.0 Å². The van der Waals surface area contributed by atoms with E-state index < -0.39 is 0 Å². The van der Waals surface area contributed by atoms with E-state index in [2.05, 4.69) is 31.0 Å². The van der Waals surface area contributed by atoms with Crippen molar-refractivity contribution in [3.63, 3.8) is 0 Å². The van der Waals surface area contributed by atoms with E-state index in [-0.39, 0.29) is 0 Å². The van der Waals surface area contributed by atoms with Crippen LogP contribution >= 0.6 is 11.3 Å². The number of rotatable bonds is 2. The van der Waals surface area contributed by atoms with Gasteiger partial charge in [0.1, 0.15) is 5.69 Å². The fourth-order valence-electron chi connectivity index (χ4n) is 1.57. The van der Waals surface area contributed by atoms with E-state index in [1.165, 1.54) is 22.5 Å². The average Bonchev–Trinajstić information content (AvgIpc) is 2.63. The molecule has 0 unspecified atom stereocenters. The van der Waals surface area contributed by atoms with Gasteiger partial charge in [0.15, 0.2) is 0 Å². The van der Waals surface area contributed by atoms with Crippen molar-refractivity contribution in [2.24, 2.45) is 0 Å². The van der Waals surface area contributed by atoms with E-state index in [9.17, 15) is 4.79 Å². The lowest BCUT2D eigenvalue weighted by Crippen LogP contribution is -1.86. The van der Waals surface area contributed by atoms with E-state index in [0.29, 0.717) is 5.69 Å². The highest BCUT2D eigenvalue weighted by Crippen LogP contribution is 2.30. The van der Waals surface area contributed by atoms with Gasteiger partial charge in [-0.2, -0.15) is 0 Å². The summed E-state index contributed by atoms with van der Waals surface area (Å²) in [5.41, 5.74) is 3.94. The molecule has 2 aromatic rings. The molecule has 1 aromatic heterocycles. The van der Waals surface area contributed by atoms with Crippen molar-refractivity contribution >= 4 is 17.6 Å². The van der Waals surface area contributed by atoms with Crippen LogP contribution in [0.25, 0.3) is 10.4 Å².